The molecule has 0 saturated carbocycles. The van der Waals surface area contributed by atoms with E-state index >= 15 is 0 Å². The molecule has 0 aliphatic carbocycles. The number of hydrogen-bond donors (Lipinski definition) is 1. The molecule has 1 aromatic rings. The van der Waals surface area contributed by atoms with Gasteiger partial charge in [-0.05, 0) is 0 Å². The van der Waals surface area contributed by atoms with E-state index in [0.29, 0.717) is 4.47 Å². The monoisotopic (exact) mass is 135 g/mol. The topological polar surface area (TPSA) is 33.1 Å². The fourth-order valence-electron chi connectivity index (χ4n) is 0.245. The molecule has 38 valence electrons. The molecule has 1 heterocycles. The van der Waals surface area contributed by atoms with Gasteiger partial charge in [0.25, 0.3) is 0 Å². The summed E-state index contributed by atoms with van der Waals surface area (Å²) in [4.78, 5) is 3.55. The fraction of sp³-hybridized carbons (Fsp3) is 0. The van der Waals surface area contributed by atoms with Crippen LogP contribution in [0.15, 0.2) is 6.20 Å². The third-order valence-electron chi connectivity index (χ3n) is 0.465. The first-order valence-corrected chi connectivity index (χ1v) is 2.79. The molecular weight excluding hydrogens is 134 g/mol. The van der Waals surface area contributed by atoms with Gasteiger partial charge in [-0.2, -0.15) is 0 Å². The van der Waals surface area contributed by atoms with Gasteiger partial charge in [0.1, 0.15) is 0 Å². The molecule has 0 spiro atoms. The molecule has 0 aliphatic rings. The van der Waals surface area contributed by atoms with Crippen LogP contribution in [0.1, 0.15) is 0 Å². The van der Waals surface area contributed by atoms with Gasteiger partial charge in [0.15, 0.2) is 9.53 Å². The van der Waals surface area contributed by atoms with Gasteiger partial charge in [0.2, 0.25) is 0 Å². The van der Waals surface area contributed by atoms with Crippen molar-refractivity contribution >= 4 is 22.9 Å². The van der Waals surface area contributed by atoms with E-state index in [4.69, 9.17) is 16.7 Å². The van der Waals surface area contributed by atoms with Crippen LogP contribution in [0.5, 0.6) is 5.06 Å². The molecule has 2 nitrogen and oxygen atoms in total. The van der Waals surface area contributed by atoms with E-state index in [0.717, 1.165) is 11.3 Å². The normalized spacial score (nSPS) is 9.29. The van der Waals surface area contributed by atoms with Gasteiger partial charge in [0, 0.05) is 0 Å². The van der Waals surface area contributed by atoms with Gasteiger partial charge in [-0.1, -0.05) is 22.9 Å². The molecule has 1 rings (SSSR count). The Morgan fingerprint density at radius 3 is 2.71 bits per heavy atom. The summed E-state index contributed by atoms with van der Waals surface area (Å²) in [5, 5.41) is 8.68. The summed E-state index contributed by atoms with van der Waals surface area (Å²) >= 11 is 6.36. The Morgan fingerprint density at radius 2 is 2.57 bits per heavy atom. The van der Waals surface area contributed by atoms with E-state index < -0.39 is 0 Å². The zero-order valence-corrected chi connectivity index (χ0v) is 4.83. The highest BCUT2D eigenvalue weighted by Gasteiger charge is 1.91. The van der Waals surface area contributed by atoms with Crippen molar-refractivity contribution in [3.05, 3.63) is 10.7 Å². The summed E-state index contributed by atoms with van der Waals surface area (Å²) in [5.41, 5.74) is 0. The Balaban J connectivity index is 3.04. The van der Waals surface area contributed by atoms with Crippen LogP contribution in [0.25, 0.3) is 0 Å². The standard InChI is InChI=1S/C3H2ClNOS/c4-3-5-1-2(6)7-3/h1,6H. The van der Waals surface area contributed by atoms with E-state index in [9.17, 15) is 0 Å². The molecule has 0 aromatic carbocycles. The second-order valence-corrected chi connectivity index (χ2v) is 2.54. The average Bonchev–Trinajstić information content (AvgIpc) is 1.87. The molecular formula is C3H2ClNOS. The number of rotatable bonds is 0. The van der Waals surface area contributed by atoms with Crippen molar-refractivity contribution in [2.75, 3.05) is 0 Å². The number of thiazole rings is 1. The maximum absolute atomic E-state index is 8.52. The lowest BCUT2D eigenvalue weighted by molar-refractivity contribution is 0.489. The van der Waals surface area contributed by atoms with Crippen molar-refractivity contribution in [1.82, 2.24) is 4.98 Å². The molecule has 1 aromatic heterocycles. The van der Waals surface area contributed by atoms with E-state index in [1.807, 2.05) is 0 Å². The second kappa shape index (κ2) is 1.68. The van der Waals surface area contributed by atoms with Crippen molar-refractivity contribution in [2.24, 2.45) is 0 Å². The third kappa shape index (κ3) is 1.04. The van der Waals surface area contributed by atoms with Crippen LogP contribution in [-0.4, -0.2) is 10.1 Å². The highest BCUT2D eigenvalue weighted by molar-refractivity contribution is 7.17. The van der Waals surface area contributed by atoms with Gasteiger partial charge >= 0.3 is 0 Å². The zero-order chi connectivity index (χ0) is 5.28. The van der Waals surface area contributed by atoms with Crippen LogP contribution >= 0.6 is 22.9 Å². The van der Waals surface area contributed by atoms with Crippen LogP contribution in [0.4, 0.5) is 0 Å². The third-order valence-corrected chi connectivity index (χ3v) is 1.38. The lowest BCUT2D eigenvalue weighted by atomic mass is 10.9. The van der Waals surface area contributed by atoms with E-state index in [2.05, 4.69) is 4.98 Å². The minimum Gasteiger partial charge on any atom is -0.498 e. The molecule has 7 heavy (non-hydrogen) atoms. The van der Waals surface area contributed by atoms with E-state index in [1.54, 1.807) is 0 Å². The average molecular weight is 136 g/mol. The summed E-state index contributed by atoms with van der Waals surface area (Å²) in [6.45, 7) is 0. The highest BCUT2D eigenvalue weighted by Crippen LogP contribution is 2.22. The van der Waals surface area contributed by atoms with E-state index in [-0.39, 0.29) is 5.06 Å². The summed E-state index contributed by atoms with van der Waals surface area (Å²) in [6.07, 6.45) is 1.31. The molecule has 0 atom stereocenters. The Hall–Kier alpha value is -0.280. The van der Waals surface area contributed by atoms with Gasteiger partial charge in [0.05, 0.1) is 6.20 Å². The minimum atomic E-state index is 0.157. The lowest BCUT2D eigenvalue weighted by Crippen LogP contribution is -1.48. The summed E-state index contributed by atoms with van der Waals surface area (Å²) < 4.78 is 0.373. The Kier molecular flexibility index (Phi) is 1.17. The Bertz CT molecular complexity index is 147. The first-order chi connectivity index (χ1) is 3.29. The quantitative estimate of drug-likeness (QED) is 0.585. The molecule has 0 amide bonds. The summed E-state index contributed by atoms with van der Waals surface area (Å²) in [7, 11) is 0. The first kappa shape index (κ1) is 4.87. The number of aromatic hydroxyl groups is 1. The van der Waals surface area contributed by atoms with Gasteiger partial charge < -0.3 is 5.11 Å². The lowest BCUT2D eigenvalue weighted by Gasteiger charge is -1.67. The molecule has 4 heteroatoms. The number of aromatic nitrogens is 1. The molecule has 0 unspecified atom stereocenters. The summed E-state index contributed by atoms with van der Waals surface area (Å²) in [5.74, 6) is 0. The van der Waals surface area contributed by atoms with Crippen molar-refractivity contribution < 1.29 is 5.11 Å². The fourth-order valence-corrected chi connectivity index (χ4v) is 0.914. The van der Waals surface area contributed by atoms with Crippen LogP contribution < -0.4 is 0 Å². The molecule has 0 radical (unpaired) electrons. The minimum absolute atomic E-state index is 0.157. The smallest absolute Gasteiger partial charge is 0.192 e. The van der Waals surface area contributed by atoms with Gasteiger partial charge in [-0.15, -0.1) is 0 Å². The predicted molar refractivity (Wildman–Crippen MR) is 28.8 cm³/mol. The summed E-state index contributed by atoms with van der Waals surface area (Å²) in [6, 6.07) is 0. The Morgan fingerprint density at radius 1 is 1.86 bits per heavy atom. The van der Waals surface area contributed by atoms with Crippen molar-refractivity contribution in [3.8, 4) is 5.06 Å². The van der Waals surface area contributed by atoms with Crippen molar-refractivity contribution in [3.63, 3.8) is 0 Å². The van der Waals surface area contributed by atoms with Crippen LogP contribution in [0, 0.1) is 0 Å². The molecule has 0 saturated heterocycles. The molecule has 0 bridgehead atoms. The van der Waals surface area contributed by atoms with E-state index in [1.165, 1.54) is 6.20 Å². The number of hydrogen-bond acceptors (Lipinski definition) is 3. The van der Waals surface area contributed by atoms with Crippen molar-refractivity contribution in [2.45, 2.75) is 0 Å². The van der Waals surface area contributed by atoms with Gasteiger partial charge in [-0.3, -0.25) is 0 Å². The molecule has 0 fully saturated rings. The second-order valence-electron chi connectivity index (χ2n) is 0.951. The first-order valence-electron chi connectivity index (χ1n) is 1.59. The van der Waals surface area contributed by atoms with Crippen LogP contribution in [0.3, 0.4) is 0 Å². The predicted octanol–water partition coefficient (Wildman–Crippen LogP) is 1.50. The van der Waals surface area contributed by atoms with Crippen LogP contribution in [0.2, 0.25) is 4.47 Å². The largest absolute Gasteiger partial charge is 0.498 e. The maximum atomic E-state index is 8.52. The zero-order valence-electron chi connectivity index (χ0n) is 3.26. The SMILES string of the molecule is Oc1cnc(Cl)s1. The van der Waals surface area contributed by atoms with Crippen molar-refractivity contribution in [1.29, 1.82) is 0 Å². The molecule has 1 N–H and O–H groups in total. The number of nitrogens with zero attached hydrogens (tertiary/aromatic N) is 1. The van der Waals surface area contributed by atoms with Gasteiger partial charge in [-0.25, -0.2) is 4.98 Å². The molecule has 0 aliphatic heterocycles. The maximum Gasteiger partial charge on any atom is 0.192 e. The van der Waals surface area contributed by atoms with Crippen LogP contribution in [-0.2, 0) is 0 Å². The highest BCUT2D eigenvalue weighted by atomic mass is 35.5. The Labute approximate surface area is 49.4 Å². The number of halogens is 1.